The summed E-state index contributed by atoms with van der Waals surface area (Å²) in [4.78, 5) is 26.3. The molecule has 0 saturated heterocycles. The average molecular weight is 484 g/mol. The number of ether oxygens (including phenoxy) is 1. The summed E-state index contributed by atoms with van der Waals surface area (Å²) in [5.74, 6) is -0.457. The van der Waals surface area contributed by atoms with E-state index >= 15 is 0 Å². The van der Waals surface area contributed by atoms with Gasteiger partial charge in [-0.15, -0.1) is 10.2 Å². The molecule has 0 N–H and O–H groups in total. The van der Waals surface area contributed by atoms with E-state index < -0.39 is 18.5 Å². The van der Waals surface area contributed by atoms with E-state index in [4.69, 9.17) is 10.00 Å². The van der Waals surface area contributed by atoms with Crippen molar-refractivity contribution in [3.8, 4) is 23.1 Å². The maximum absolute atomic E-state index is 12.6. The van der Waals surface area contributed by atoms with Gasteiger partial charge in [-0.25, -0.2) is 0 Å². The van der Waals surface area contributed by atoms with E-state index in [1.54, 1.807) is 24.3 Å². The van der Waals surface area contributed by atoms with Crippen LogP contribution in [-0.2, 0) is 14.3 Å². The number of anilines is 1. The van der Waals surface area contributed by atoms with Gasteiger partial charge >= 0.3 is 5.97 Å². The zero-order valence-corrected chi connectivity index (χ0v) is 19.5. The predicted octanol–water partition coefficient (Wildman–Crippen LogP) is 4.13. The van der Waals surface area contributed by atoms with Crippen LogP contribution in [-0.4, -0.2) is 45.5 Å². The van der Waals surface area contributed by atoms with E-state index in [9.17, 15) is 9.59 Å². The summed E-state index contributed by atoms with van der Waals surface area (Å²) in [6.07, 6.45) is 0. The van der Waals surface area contributed by atoms with Gasteiger partial charge in [-0.05, 0) is 24.3 Å². The lowest BCUT2D eigenvalue weighted by Crippen LogP contribution is -2.35. The van der Waals surface area contributed by atoms with Crippen LogP contribution in [0.3, 0.4) is 0 Å². The highest BCUT2D eigenvalue weighted by molar-refractivity contribution is 7.99. The van der Waals surface area contributed by atoms with E-state index in [0.717, 1.165) is 11.3 Å². The van der Waals surface area contributed by atoms with E-state index in [-0.39, 0.29) is 12.3 Å². The Morgan fingerprint density at radius 3 is 2.20 bits per heavy atom. The quantitative estimate of drug-likeness (QED) is 0.200. The first-order chi connectivity index (χ1) is 17.2. The monoisotopic (exact) mass is 483 g/mol. The summed E-state index contributed by atoms with van der Waals surface area (Å²) in [7, 11) is 0. The minimum Gasteiger partial charge on any atom is -0.455 e. The maximum Gasteiger partial charge on any atom is 0.316 e. The smallest absolute Gasteiger partial charge is 0.316 e. The van der Waals surface area contributed by atoms with Gasteiger partial charge < -0.3 is 4.74 Å². The van der Waals surface area contributed by atoms with Crippen molar-refractivity contribution in [1.29, 1.82) is 5.26 Å². The number of esters is 1. The van der Waals surface area contributed by atoms with Gasteiger partial charge in [0, 0.05) is 16.9 Å². The van der Waals surface area contributed by atoms with Crippen LogP contribution in [0.4, 0.5) is 5.69 Å². The third-order valence-electron chi connectivity index (χ3n) is 4.95. The summed E-state index contributed by atoms with van der Waals surface area (Å²) in [6.45, 7) is -0.603. The zero-order valence-electron chi connectivity index (χ0n) is 18.7. The Hall–Kier alpha value is -4.42. The molecule has 4 aromatic rings. The average Bonchev–Trinajstić information content (AvgIpc) is 3.34. The third kappa shape index (κ3) is 5.93. The predicted molar refractivity (Wildman–Crippen MR) is 133 cm³/mol. The molecule has 1 aromatic heterocycles. The van der Waals surface area contributed by atoms with Crippen LogP contribution in [0.1, 0.15) is 0 Å². The molecule has 0 spiro atoms. The van der Waals surface area contributed by atoms with Crippen LogP contribution < -0.4 is 4.90 Å². The second kappa shape index (κ2) is 11.6. The van der Waals surface area contributed by atoms with Crippen LogP contribution in [0.15, 0.2) is 96.2 Å². The second-order valence-electron chi connectivity index (χ2n) is 7.27. The van der Waals surface area contributed by atoms with E-state index in [0.29, 0.717) is 16.7 Å². The van der Waals surface area contributed by atoms with Crippen molar-refractivity contribution >= 4 is 29.3 Å². The fourth-order valence-corrected chi connectivity index (χ4v) is 4.08. The van der Waals surface area contributed by atoms with Gasteiger partial charge in [-0.1, -0.05) is 78.5 Å². The molecule has 3 aromatic carbocycles. The molecule has 1 heterocycles. The van der Waals surface area contributed by atoms with Gasteiger partial charge in [0.05, 0.1) is 11.8 Å². The lowest BCUT2D eigenvalue weighted by atomic mass is 10.2. The van der Waals surface area contributed by atoms with Crippen molar-refractivity contribution in [1.82, 2.24) is 14.8 Å². The fraction of sp³-hybridized carbons (Fsp3) is 0.115. The topological polar surface area (TPSA) is 101 Å². The third-order valence-corrected chi connectivity index (χ3v) is 5.86. The molecule has 0 fully saturated rings. The lowest BCUT2D eigenvalue weighted by Gasteiger charge is -2.19. The highest BCUT2D eigenvalue weighted by Crippen LogP contribution is 2.27. The SMILES string of the molecule is N#CCN(C(=O)COC(=O)CSc1nnc(-c2ccccc2)n1-c1ccccc1)c1ccccc1. The van der Waals surface area contributed by atoms with Crippen LogP contribution in [0.25, 0.3) is 17.1 Å². The zero-order chi connectivity index (χ0) is 24.5. The molecule has 0 radical (unpaired) electrons. The highest BCUT2D eigenvalue weighted by Gasteiger charge is 2.20. The van der Waals surface area contributed by atoms with E-state index in [1.165, 1.54) is 16.7 Å². The van der Waals surface area contributed by atoms with Crippen LogP contribution >= 0.6 is 11.8 Å². The van der Waals surface area contributed by atoms with Crippen molar-refractivity contribution in [2.24, 2.45) is 0 Å². The first-order valence-electron chi connectivity index (χ1n) is 10.7. The Labute approximate surface area is 206 Å². The Morgan fingerprint density at radius 1 is 0.914 bits per heavy atom. The standard InChI is InChI=1S/C26H21N5O3S/c27-16-17-30(21-12-6-2-7-13-21)23(32)18-34-24(33)19-35-26-29-28-25(20-10-4-1-5-11-20)31(26)22-14-8-3-9-15-22/h1-15H,17-19H2. The molecule has 0 saturated carbocycles. The molecule has 0 bridgehead atoms. The first kappa shape index (κ1) is 23.7. The first-order valence-corrected chi connectivity index (χ1v) is 11.7. The molecule has 9 heteroatoms. The van der Waals surface area contributed by atoms with Gasteiger partial charge in [-0.2, -0.15) is 5.26 Å². The molecule has 8 nitrogen and oxygen atoms in total. The van der Waals surface area contributed by atoms with Gasteiger partial charge in [0.25, 0.3) is 5.91 Å². The van der Waals surface area contributed by atoms with E-state index in [1.807, 2.05) is 77.4 Å². The minimum absolute atomic E-state index is 0.0589. The lowest BCUT2D eigenvalue weighted by molar-refractivity contribution is -0.145. The van der Waals surface area contributed by atoms with Crippen molar-refractivity contribution in [2.75, 3.05) is 23.8 Å². The molecule has 35 heavy (non-hydrogen) atoms. The number of hydrogen-bond acceptors (Lipinski definition) is 7. The molecule has 174 valence electrons. The number of carbonyl (C=O) groups excluding carboxylic acids is 2. The van der Waals surface area contributed by atoms with Gasteiger partial charge in [0.2, 0.25) is 0 Å². The molecule has 0 unspecified atom stereocenters. The van der Waals surface area contributed by atoms with E-state index in [2.05, 4.69) is 10.2 Å². The van der Waals surface area contributed by atoms with Gasteiger partial charge in [0.1, 0.15) is 6.54 Å². The number of benzene rings is 3. The molecule has 0 aliphatic rings. The summed E-state index contributed by atoms with van der Waals surface area (Å²) >= 11 is 1.17. The molecule has 4 rings (SSSR count). The van der Waals surface area contributed by atoms with Gasteiger partial charge in [-0.3, -0.25) is 19.1 Å². The number of nitrogens with zero attached hydrogens (tertiary/aromatic N) is 5. The van der Waals surface area contributed by atoms with Crippen molar-refractivity contribution in [3.05, 3.63) is 91.0 Å². The molecular weight excluding hydrogens is 462 g/mol. The fourth-order valence-electron chi connectivity index (χ4n) is 3.33. The Balaban J connectivity index is 1.43. The van der Waals surface area contributed by atoms with Crippen molar-refractivity contribution < 1.29 is 14.3 Å². The molecule has 0 aliphatic heterocycles. The van der Waals surface area contributed by atoms with Crippen LogP contribution in [0.2, 0.25) is 0 Å². The minimum atomic E-state index is -0.572. The number of carbonyl (C=O) groups is 2. The number of hydrogen-bond donors (Lipinski definition) is 0. The number of nitriles is 1. The number of para-hydroxylation sites is 2. The Bertz CT molecular complexity index is 1320. The van der Waals surface area contributed by atoms with Crippen LogP contribution in [0.5, 0.6) is 0 Å². The summed E-state index contributed by atoms with van der Waals surface area (Å²) in [5.41, 5.74) is 2.31. The normalized spacial score (nSPS) is 10.4. The number of aromatic nitrogens is 3. The Morgan fingerprint density at radius 2 is 1.54 bits per heavy atom. The highest BCUT2D eigenvalue weighted by atomic mass is 32.2. The van der Waals surface area contributed by atoms with Crippen LogP contribution in [0, 0.1) is 11.3 Å². The number of rotatable bonds is 9. The maximum atomic E-state index is 12.6. The number of amides is 1. The largest absolute Gasteiger partial charge is 0.455 e. The second-order valence-corrected chi connectivity index (χ2v) is 8.21. The molecular formula is C26H21N5O3S. The summed E-state index contributed by atoms with van der Waals surface area (Å²) < 4.78 is 7.07. The number of thioether (sulfide) groups is 1. The van der Waals surface area contributed by atoms with Crippen molar-refractivity contribution in [2.45, 2.75) is 5.16 Å². The Kier molecular flexibility index (Phi) is 7.88. The summed E-state index contributed by atoms with van der Waals surface area (Å²) in [6, 6.07) is 30.0. The summed E-state index contributed by atoms with van der Waals surface area (Å²) in [5, 5.41) is 18.2. The molecule has 1 amide bonds. The van der Waals surface area contributed by atoms with Gasteiger partial charge in [0.15, 0.2) is 17.6 Å². The molecule has 0 atom stereocenters. The molecule has 0 aliphatic carbocycles. The van der Waals surface area contributed by atoms with Crippen molar-refractivity contribution in [3.63, 3.8) is 0 Å².